The molecule has 0 saturated heterocycles. The molecule has 0 saturated carbocycles. The number of fused-ring (bicyclic) bond motifs is 1. The zero-order valence-corrected chi connectivity index (χ0v) is 10.8. The van der Waals surface area contributed by atoms with E-state index in [-0.39, 0.29) is 5.92 Å². The fourth-order valence-electron chi connectivity index (χ4n) is 2.49. The molecule has 1 aromatic carbocycles. The summed E-state index contributed by atoms with van der Waals surface area (Å²) in [6.07, 6.45) is 4.38. The molecule has 94 valence electrons. The van der Waals surface area contributed by atoms with Crippen molar-refractivity contribution in [3.8, 4) is 0 Å². The van der Waals surface area contributed by atoms with Gasteiger partial charge in [0.1, 0.15) is 6.23 Å². The second kappa shape index (κ2) is 5.65. The van der Waals surface area contributed by atoms with Crippen molar-refractivity contribution < 1.29 is 5.11 Å². The maximum atomic E-state index is 9.98. The van der Waals surface area contributed by atoms with Crippen LogP contribution in [0.4, 0.5) is 0 Å². The Kier molecular flexibility index (Phi) is 4.19. The largest absolute Gasteiger partial charge is 0.378 e. The van der Waals surface area contributed by atoms with E-state index in [0.29, 0.717) is 6.04 Å². The van der Waals surface area contributed by atoms with Gasteiger partial charge in [-0.1, -0.05) is 44.5 Å². The first kappa shape index (κ1) is 12.6. The Hall–Kier alpha value is -0.860. The first-order chi connectivity index (χ1) is 8.18. The lowest BCUT2D eigenvalue weighted by molar-refractivity contribution is 0.0758. The predicted molar refractivity (Wildman–Crippen MR) is 70.7 cm³/mol. The van der Waals surface area contributed by atoms with Crippen molar-refractivity contribution in [2.75, 3.05) is 0 Å². The molecule has 0 bridgehead atoms. The van der Waals surface area contributed by atoms with Crippen molar-refractivity contribution in [1.82, 2.24) is 5.32 Å². The second-order valence-electron chi connectivity index (χ2n) is 5.35. The van der Waals surface area contributed by atoms with Gasteiger partial charge in [0.05, 0.1) is 0 Å². The Bertz CT molecular complexity index is 362. The Balaban J connectivity index is 2.17. The van der Waals surface area contributed by atoms with E-state index >= 15 is 0 Å². The number of aliphatic hydroxyl groups excluding tert-OH is 1. The van der Waals surface area contributed by atoms with Crippen molar-refractivity contribution in [3.05, 3.63) is 35.4 Å². The molecule has 2 N–H and O–H groups in total. The minimum Gasteiger partial charge on any atom is -0.378 e. The normalized spacial score (nSPS) is 22.0. The topological polar surface area (TPSA) is 32.3 Å². The van der Waals surface area contributed by atoms with Crippen LogP contribution in [-0.2, 0) is 6.42 Å². The molecular weight excluding hydrogens is 210 g/mol. The van der Waals surface area contributed by atoms with Crippen LogP contribution in [0.25, 0.3) is 0 Å². The number of aliphatic hydroxyl groups is 1. The van der Waals surface area contributed by atoms with Gasteiger partial charge >= 0.3 is 0 Å². The Morgan fingerprint density at radius 2 is 2.00 bits per heavy atom. The highest BCUT2D eigenvalue weighted by atomic mass is 16.3. The lowest BCUT2D eigenvalue weighted by Gasteiger charge is -2.25. The standard InChI is InChI=1S/C15H23NO/c1-11(2)15(17)16-14-10-6-4-8-12-7-3-5-9-13(12)14/h3,5,7,9,11,14-17H,4,6,8,10H2,1-2H3. The molecule has 1 aliphatic rings. The maximum absolute atomic E-state index is 9.98. The van der Waals surface area contributed by atoms with Crippen LogP contribution in [0.2, 0.25) is 0 Å². The zero-order valence-electron chi connectivity index (χ0n) is 10.8. The van der Waals surface area contributed by atoms with Crippen molar-refractivity contribution in [1.29, 1.82) is 0 Å². The van der Waals surface area contributed by atoms with Gasteiger partial charge in [0.15, 0.2) is 0 Å². The van der Waals surface area contributed by atoms with E-state index in [0.717, 1.165) is 6.42 Å². The highest BCUT2D eigenvalue weighted by molar-refractivity contribution is 5.31. The molecule has 2 nitrogen and oxygen atoms in total. The summed E-state index contributed by atoms with van der Waals surface area (Å²) in [6, 6.07) is 8.94. The van der Waals surface area contributed by atoms with E-state index in [9.17, 15) is 5.11 Å². The maximum Gasteiger partial charge on any atom is 0.107 e. The SMILES string of the molecule is CC(C)C(O)NC1CCCCc2ccccc21. The Morgan fingerprint density at radius 3 is 2.76 bits per heavy atom. The predicted octanol–water partition coefficient (Wildman–Crippen LogP) is 3.02. The molecule has 0 fully saturated rings. The molecule has 0 aromatic heterocycles. The van der Waals surface area contributed by atoms with E-state index in [4.69, 9.17) is 0 Å². The molecule has 17 heavy (non-hydrogen) atoms. The quantitative estimate of drug-likeness (QED) is 0.621. The Labute approximate surface area is 104 Å². The summed E-state index contributed by atoms with van der Waals surface area (Å²) in [7, 11) is 0. The van der Waals surface area contributed by atoms with Crippen LogP contribution in [-0.4, -0.2) is 11.3 Å². The third-order valence-corrected chi connectivity index (χ3v) is 3.62. The molecule has 2 atom stereocenters. The second-order valence-corrected chi connectivity index (χ2v) is 5.35. The molecule has 2 unspecified atom stereocenters. The molecule has 1 aliphatic carbocycles. The van der Waals surface area contributed by atoms with E-state index in [1.807, 2.05) is 13.8 Å². The molecule has 2 heteroatoms. The van der Waals surface area contributed by atoms with Gasteiger partial charge in [0.2, 0.25) is 0 Å². The van der Waals surface area contributed by atoms with Gasteiger partial charge in [0.25, 0.3) is 0 Å². The van der Waals surface area contributed by atoms with E-state index in [1.54, 1.807) is 0 Å². The molecule has 0 spiro atoms. The van der Waals surface area contributed by atoms with Crippen LogP contribution in [0.1, 0.15) is 50.3 Å². The zero-order chi connectivity index (χ0) is 12.3. The van der Waals surface area contributed by atoms with Crippen molar-refractivity contribution in [2.24, 2.45) is 5.92 Å². The van der Waals surface area contributed by atoms with Crippen molar-refractivity contribution >= 4 is 0 Å². The van der Waals surface area contributed by atoms with Crippen molar-refractivity contribution in [2.45, 2.75) is 51.8 Å². The van der Waals surface area contributed by atoms with Gasteiger partial charge in [0, 0.05) is 6.04 Å². The highest BCUT2D eigenvalue weighted by Crippen LogP contribution is 2.29. The number of rotatable bonds is 3. The molecule has 0 radical (unpaired) electrons. The molecule has 0 aliphatic heterocycles. The lowest BCUT2D eigenvalue weighted by atomic mass is 9.98. The molecule has 0 amide bonds. The van der Waals surface area contributed by atoms with E-state index in [2.05, 4.69) is 29.6 Å². The van der Waals surface area contributed by atoms with E-state index < -0.39 is 6.23 Å². The fraction of sp³-hybridized carbons (Fsp3) is 0.600. The first-order valence-corrected chi connectivity index (χ1v) is 6.70. The molecule has 0 heterocycles. The van der Waals surface area contributed by atoms with Gasteiger partial charge in [-0.3, -0.25) is 5.32 Å². The van der Waals surface area contributed by atoms with Gasteiger partial charge in [-0.15, -0.1) is 0 Å². The van der Waals surface area contributed by atoms with Gasteiger partial charge in [-0.25, -0.2) is 0 Å². The number of aryl methyl sites for hydroxylation is 1. The Morgan fingerprint density at radius 1 is 1.24 bits per heavy atom. The first-order valence-electron chi connectivity index (χ1n) is 6.70. The average molecular weight is 233 g/mol. The summed E-state index contributed by atoms with van der Waals surface area (Å²) in [5, 5.41) is 13.4. The number of hydrogen-bond donors (Lipinski definition) is 2. The van der Waals surface area contributed by atoms with Gasteiger partial charge < -0.3 is 5.11 Å². The number of hydrogen-bond acceptors (Lipinski definition) is 2. The average Bonchev–Trinajstić information content (AvgIpc) is 2.52. The molecular formula is C15H23NO. The molecule has 1 aromatic rings. The highest BCUT2D eigenvalue weighted by Gasteiger charge is 2.21. The summed E-state index contributed by atoms with van der Waals surface area (Å²) >= 11 is 0. The van der Waals surface area contributed by atoms with Crippen LogP contribution in [0.3, 0.4) is 0 Å². The van der Waals surface area contributed by atoms with Crippen LogP contribution >= 0.6 is 0 Å². The number of benzene rings is 1. The minimum atomic E-state index is -0.411. The minimum absolute atomic E-state index is 0.255. The van der Waals surface area contributed by atoms with E-state index in [1.165, 1.54) is 30.4 Å². The summed E-state index contributed by atoms with van der Waals surface area (Å²) in [5.41, 5.74) is 2.82. The summed E-state index contributed by atoms with van der Waals surface area (Å²) in [5.74, 6) is 0.255. The summed E-state index contributed by atoms with van der Waals surface area (Å²) in [6.45, 7) is 4.08. The smallest absolute Gasteiger partial charge is 0.107 e. The van der Waals surface area contributed by atoms with Crippen LogP contribution < -0.4 is 5.32 Å². The van der Waals surface area contributed by atoms with Gasteiger partial charge in [-0.05, 0) is 36.3 Å². The van der Waals surface area contributed by atoms with Crippen LogP contribution in [0.15, 0.2) is 24.3 Å². The van der Waals surface area contributed by atoms with Crippen LogP contribution in [0, 0.1) is 5.92 Å². The molecule has 2 rings (SSSR count). The third-order valence-electron chi connectivity index (χ3n) is 3.62. The number of nitrogens with one attached hydrogen (secondary N) is 1. The van der Waals surface area contributed by atoms with Gasteiger partial charge in [-0.2, -0.15) is 0 Å². The fourth-order valence-corrected chi connectivity index (χ4v) is 2.49. The third kappa shape index (κ3) is 3.08. The lowest BCUT2D eigenvalue weighted by Crippen LogP contribution is -2.36. The van der Waals surface area contributed by atoms with Crippen molar-refractivity contribution in [3.63, 3.8) is 0 Å². The summed E-state index contributed by atoms with van der Waals surface area (Å²) in [4.78, 5) is 0. The monoisotopic (exact) mass is 233 g/mol. The summed E-state index contributed by atoms with van der Waals surface area (Å²) < 4.78 is 0. The van der Waals surface area contributed by atoms with Crippen LogP contribution in [0.5, 0.6) is 0 Å².